The van der Waals surface area contributed by atoms with E-state index >= 15 is 0 Å². The van der Waals surface area contributed by atoms with Gasteiger partial charge in [-0.3, -0.25) is 0 Å². The third-order valence-electron chi connectivity index (χ3n) is 6.03. The highest BCUT2D eigenvalue weighted by Crippen LogP contribution is 2.58. The smallest absolute Gasteiger partial charge is 0.330 e. The molecule has 0 radical (unpaired) electrons. The van der Waals surface area contributed by atoms with Crippen LogP contribution in [0.3, 0.4) is 0 Å². The quantitative estimate of drug-likeness (QED) is 0.193. The summed E-state index contributed by atoms with van der Waals surface area (Å²) in [5.74, 6) is -0.312. The number of rotatable bonds is 8. The standard InChI is InChI=1S/C31H30O2P.BrH/c1-3-33-31(32)22-21-27-20-19-26(23-25(27)2)24-34(28-13-7-4-8-14-28,29-15-9-5-10-16-29)30-17-11-6-12-18-30;/h4-23H,3,24H2,1-2H3;1H/q+1;/p-1. The molecule has 0 aromatic heterocycles. The summed E-state index contributed by atoms with van der Waals surface area (Å²) in [5, 5.41) is 4.11. The van der Waals surface area contributed by atoms with E-state index in [-0.39, 0.29) is 23.0 Å². The van der Waals surface area contributed by atoms with Gasteiger partial charge in [-0.15, -0.1) is 0 Å². The SMILES string of the molecule is CCOC(=O)C=Cc1ccc(C[P+](c2ccccc2)(c2ccccc2)c2ccccc2)cc1C.[Br-]. The Balaban J connectivity index is 0.00000342. The minimum absolute atomic E-state index is 0. The molecule has 0 bridgehead atoms. The topological polar surface area (TPSA) is 26.3 Å². The Bertz CT molecular complexity index is 1160. The van der Waals surface area contributed by atoms with Gasteiger partial charge in [-0.25, -0.2) is 4.79 Å². The number of aryl methyl sites for hydroxylation is 1. The number of carbonyl (C=O) groups excluding carboxylic acids is 1. The number of hydrogen-bond donors (Lipinski definition) is 0. The van der Waals surface area contributed by atoms with Crippen molar-refractivity contribution in [2.24, 2.45) is 0 Å². The largest absolute Gasteiger partial charge is 1.00 e. The molecule has 0 aliphatic rings. The Morgan fingerprint density at radius 2 is 1.26 bits per heavy atom. The molecular weight excluding hydrogens is 515 g/mol. The predicted octanol–water partition coefficient (Wildman–Crippen LogP) is 3.07. The molecule has 0 unspecified atom stereocenters. The van der Waals surface area contributed by atoms with E-state index in [1.165, 1.54) is 27.6 Å². The second-order valence-electron chi connectivity index (χ2n) is 8.25. The first-order chi connectivity index (χ1) is 16.6. The van der Waals surface area contributed by atoms with Gasteiger partial charge in [0.1, 0.15) is 23.2 Å². The van der Waals surface area contributed by atoms with E-state index in [0.717, 1.165) is 17.3 Å². The van der Waals surface area contributed by atoms with Gasteiger partial charge in [0.25, 0.3) is 0 Å². The normalized spacial score (nSPS) is 11.1. The summed E-state index contributed by atoms with van der Waals surface area (Å²) >= 11 is 0. The zero-order valence-electron chi connectivity index (χ0n) is 20.1. The van der Waals surface area contributed by atoms with Gasteiger partial charge in [0, 0.05) is 6.08 Å². The fraction of sp³-hybridized carbons (Fsp3) is 0.129. The van der Waals surface area contributed by atoms with Crippen LogP contribution in [-0.2, 0) is 15.7 Å². The average molecular weight is 545 g/mol. The molecule has 35 heavy (non-hydrogen) atoms. The van der Waals surface area contributed by atoms with Gasteiger partial charge in [0.15, 0.2) is 0 Å². The highest BCUT2D eigenvalue weighted by Gasteiger charge is 2.45. The van der Waals surface area contributed by atoms with Crippen LogP contribution in [0.1, 0.15) is 23.6 Å². The molecule has 0 amide bonds. The molecule has 178 valence electrons. The van der Waals surface area contributed by atoms with Crippen LogP contribution in [0.2, 0.25) is 0 Å². The van der Waals surface area contributed by atoms with Crippen LogP contribution in [0.15, 0.2) is 115 Å². The minimum Gasteiger partial charge on any atom is -1.00 e. The van der Waals surface area contributed by atoms with Crippen molar-refractivity contribution < 1.29 is 26.5 Å². The van der Waals surface area contributed by atoms with Crippen molar-refractivity contribution in [2.75, 3.05) is 6.61 Å². The number of ether oxygens (including phenoxy) is 1. The lowest BCUT2D eigenvalue weighted by molar-refractivity contribution is -0.137. The Labute approximate surface area is 219 Å². The molecule has 0 aliphatic heterocycles. The molecule has 4 aromatic carbocycles. The number of hydrogen-bond acceptors (Lipinski definition) is 2. The zero-order valence-corrected chi connectivity index (χ0v) is 22.6. The van der Waals surface area contributed by atoms with Crippen molar-refractivity contribution in [2.45, 2.75) is 20.0 Å². The van der Waals surface area contributed by atoms with Crippen LogP contribution in [0.4, 0.5) is 0 Å². The van der Waals surface area contributed by atoms with Crippen molar-refractivity contribution in [3.63, 3.8) is 0 Å². The summed E-state index contributed by atoms with van der Waals surface area (Å²) in [6.45, 7) is 4.29. The van der Waals surface area contributed by atoms with E-state index < -0.39 is 7.26 Å². The summed E-state index contributed by atoms with van der Waals surface area (Å²) in [5.41, 5.74) is 3.46. The minimum atomic E-state index is -1.94. The lowest BCUT2D eigenvalue weighted by Gasteiger charge is -2.28. The van der Waals surface area contributed by atoms with Crippen molar-refractivity contribution in [3.8, 4) is 0 Å². The Kier molecular flexibility index (Phi) is 9.60. The molecule has 4 heteroatoms. The first-order valence-corrected chi connectivity index (χ1v) is 13.6. The summed E-state index contributed by atoms with van der Waals surface area (Å²) in [7, 11) is -1.94. The monoisotopic (exact) mass is 544 g/mol. The van der Waals surface area contributed by atoms with E-state index in [4.69, 9.17) is 4.74 Å². The fourth-order valence-electron chi connectivity index (χ4n) is 4.41. The van der Waals surface area contributed by atoms with Crippen LogP contribution in [-0.4, -0.2) is 12.6 Å². The molecule has 4 aromatic rings. The Morgan fingerprint density at radius 3 is 1.69 bits per heavy atom. The second kappa shape index (κ2) is 12.6. The molecule has 0 saturated heterocycles. The van der Waals surface area contributed by atoms with Crippen LogP contribution >= 0.6 is 7.26 Å². The molecule has 4 rings (SSSR count). The highest BCUT2D eigenvalue weighted by atomic mass is 79.9. The van der Waals surface area contributed by atoms with E-state index in [0.29, 0.717) is 6.61 Å². The van der Waals surface area contributed by atoms with Gasteiger partial charge in [-0.2, -0.15) is 0 Å². The molecular formula is C31H30BrO2P. The van der Waals surface area contributed by atoms with E-state index in [1.807, 2.05) is 13.0 Å². The van der Waals surface area contributed by atoms with Crippen LogP contribution in [0, 0.1) is 6.92 Å². The lowest BCUT2D eigenvalue weighted by atomic mass is 10.1. The highest BCUT2D eigenvalue weighted by molar-refractivity contribution is 7.95. The molecule has 0 saturated carbocycles. The lowest BCUT2D eigenvalue weighted by Crippen LogP contribution is -3.00. The molecule has 0 heterocycles. The third-order valence-corrected chi connectivity index (χ3v) is 10.4. The van der Waals surface area contributed by atoms with Crippen molar-refractivity contribution in [1.82, 2.24) is 0 Å². The maximum absolute atomic E-state index is 11.7. The molecule has 0 atom stereocenters. The maximum Gasteiger partial charge on any atom is 0.330 e. The number of esters is 1. The van der Waals surface area contributed by atoms with E-state index in [1.54, 1.807) is 0 Å². The molecule has 0 aliphatic carbocycles. The first-order valence-electron chi connectivity index (χ1n) is 11.6. The van der Waals surface area contributed by atoms with Crippen LogP contribution in [0.25, 0.3) is 6.08 Å². The zero-order chi connectivity index (χ0) is 23.8. The van der Waals surface area contributed by atoms with Gasteiger partial charge >= 0.3 is 5.97 Å². The summed E-state index contributed by atoms with van der Waals surface area (Å²) < 4.78 is 5.02. The molecule has 2 nitrogen and oxygen atoms in total. The van der Waals surface area contributed by atoms with Crippen LogP contribution < -0.4 is 32.9 Å². The molecule has 0 spiro atoms. The van der Waals surface area contributed by atoms with Gasteiger partial charge < -0.3 is 21.7 Å². The van der Waals surface area contributed by atoms with Gasteiger partial charge in [-0.05, 0) is 73.0 Å². The van der Waals surface area contributed by atoms with E-state index in [9.17, 15) is 4.79 Å². The van der Waals surface area contributed by atoms with Crippen molar-refractivity contribution in [3.05, 3.63) is 132 Å². The maximum atomic E-state index is 11.7. The number of carbonyl (C=O) groups is 1. The van der Waals surface area contributed by atoms with E-state index in [2.05, 4.69) is 116 Å². The first kappa shape index (κ1) is 26.6. The number of halogens is 1. The Morgan fingerprint density at radius 1 is 0.771 bits per heavy atom. The summed E-state index contributed by atoms with van der Waals surface area (Å²) in [6, 6.07) is 39.3. The average Bonchev–Trinajstić information content (AvgIpc) is 2.88. The molecule has 0 fully saturated rings. The van der Waals surface area contributed by atoms with Crippen molar-refractivity contribution in [1.29, 1.82) is 0 Å². The molecule has 0 N–H and O–H groups in total. The van der Waals surface area contributed by atoms with Gasteiger partial charge in [0.05, 0.1) is 12.8 Å². The summed E-state index contributed by atoms with van der Waals surface area (Å²) in [6.07, 6.45) is 4.26. The fourth-order valence-corrected chi connectivity index (χ4v) is 8.64. The third kappa shape index (κ3) is 6.17. The van der Waals surface area contributed by atoms with Crippen LogP contribution in [0.5, 0.6) is 0 Å². The summed E-state index contributed by atoms with van der Waals surface area (Å²) in [4.78, 5) is 11.7. The number of benzene rings is 4. The van der Waals surface area contributed by atoms with Crippen molar-refractivity contribution >= 4 is 35.2 Å². The predicted molar refractivity (Wildman–Crippen MR) is 146 cm³/mol. The van der Waals surface area contributed by atoms with Gasteiger partial charge in [0.2, 0.25) is 0 Å². The van der Waals surface area contributed by atoms with Gasteiger partial charge in [-0.1, -0.05) is 72.8 Å². The second-order valence-corrected chi connectivity index (χ2v) is 11.7. The Hall–Kier alpha value is -3.00.